The zero-order chi connectivity index (χ0) is 11.7. The number of aromatic hydroxyl groups is 1. The molecule has 3 N–H and O–H groups in total. The number of hydrogen-bond acceptors (Lipinski definition) is 3. The zero-order valence-corrected chi connectivity index (χ0v) is 9.31. The van der Waals surface area contributed by atoms with Crippen LogP contribution in [0.4, 0.5) is 5.69 Å². The molecule has 1 saturated heterocycles. The predicted molar refractivity (Wildman–Crippen MR) is 62.4 cm³/mol. The van der Waals surface area contributed by atoms with E-state index in [1.165, 1.54) is 0 Å². The first kappa shape index (κ1) is 11.0. The topological polar surface area (TPSA) is 66.6 Å². The Morgan fingerprint density at radius 3 is 2.88 bits per heavy atom. The van der Waals surface area contributed by atoms with Crippen molar-refractivity contribution in [2.45, 2.75) is 13.3 Å². The fourth-order valence-corrected chi connectivity index (χ4v) is 2.00. The fourth-order valence-electron chi connectivity index (χ4n) is 2.00. The Hall–Kier alpha value is -1.55. The molecule has 0 aromatic heterocycles. The number of phenolic OH excluding ortho intramolecular Hbond substituents is 1. The maximum atomic E-state index is 11.7. The molecule has 16 heavy (non-hydrogen) atoms. The minimum absolute atomic E-state index is 0.112. The van der Waals surface area contributed by atoms with Gasteiger partial charge >= 0.3 is 0 Å². The molecular weight excluding hydrogens is 204 g/mol. The molecule has 1 fully saturated rings. The molecule has 0 radical (unpaired) electrons. The highest BCUT2D eigenvalue weighted by atomic mass is 16.3. The number of nitrogens with zero attached hydrogens (tertiary/aromatic N) is 1. The lowest BCUT2D eigenvalue weighted by Crippen LogP contribution is -2.25. The van der Waals surface area contributed by atoms with Crippen molar-refractivity contribution >= 4 is 11.6 Å². The predicted octanol–water partition coefficient (Wildman–Crippen LogP) is 1.01. The molecule has 1 heterocycles. The number of rotatable bonds is 2. The summed E-state index contributed by atoms with van der Waals surface area (Å²) in [6.07, 6.45) is 0.524. The molecule has 0 spiro atoms. The van der Waals surface area contributed by atoms with E-state index in [1.54, 1.807) is 17.0 Å². The van der Waals surface area contributed by atoms with Crippen LogP contribution in [0.2, 0.25) is 0 Å². The summed E-state index contributed by atoms with van der Waals surface area (Å²) < 4.78 is 0. The third-order valence-electron chi connectivity index (χ3n) is 3.03. The van der Waals surface area contributed by atoms with Gasteiger partial charge in [-0.15, -0.1) is 0 Å². The molecule has 1 amide bonds. The Kier molecular flexibility index (Phi) is 2.83. The van der Waals surface area contributed by atoms with Crippen molar-refractivity contribution in [3.8, 4) is 5.75 Å². The second-order valence-corrected chi connectivity index (χ2v) is 4.28. The number of carbonyl (C=O) groups excluding carboxylic acids is 1. The monoisotopic (exact) mass is 220 g/mol. The molecule has 0 aliphatic carbocycles. The lowest BCUT2D eigenvalue weighted by Gasteiger charge is -2.17. The molecule has 1 aliphatic heterocycles. The highest BCUT2D eigenvalue weighted by molar-refractivity contribution is 5.95. The summed E-state index contributed by atoms with van der Waals surface area (Å²) in [7, 11) is 0. The number of phenols is 1. The van der Waals surface area contributed by atoms with Crippen LogP contribution in [0.15, 0.2) is 18.2 Å². The van der Waals surface area contributed by atoms with Gasteiger partial charge < -0.3 is 15.7 Å². The van der Waals surface area contributed by atoms with E-state index in [9.17, 15) is 9.90 Å². The number of anilines is 1. The van der Waals surface area contributed by atoms with Crippen molar-refractivity contribution in [2.24, 2.45) is 11.7 Å². The number of amides is 1. The van der Waals surface area contributed by atoms with Crippen molar-refractivity contribution in [3.63, 3.8) is 0 Å². The summed E-state index contributed by atoms with van der Waals surface area (Å²) in [6, 6.07) is 5.21. The van der Waals surface area contributed by atoms with Crippen LogP contribution in [0.1, 0.15) is 12.0 Å². The largest absolute Gasteiger partial charge is 0.508 e. The molecule has 86 valence electrons. The number of carbonyl (C=O) groups is 1. The van der Waals surface area contributed by atoms with Crippen LogP contribution in [-0.4, -0.2) is 24.1 Å². The number of nitrogens with two attached hydrogens (primary N) is 1. The van der Waals surface area contributed by atoms with Crippen LogP contribution >= 0.6 is 0 Å². The Morgan fingerprint density at radius 1 is 1.56 bits per heavy atom. The van der Waals surface area contributed by atoms with Crippen molar-refractivity contribution in [1.82, 2.24) is 0 Å². The quantitative estimate of drug-likeness (QED) is 0.781. The van der Waals surface area contributed by atoms with Gasteiger partial charge in [-0.05, 0) is 43.1 Å². The minimum atomic E-state index is 0.112. The minimum Gasteiger partial charge on any atom is -0.508 e. The maximum Gasteiger partial charge on any atom is 0.227 e. The number of aryl methyl sites for hydroxylation is 1. The standard InChI is InChI=1S/C12H16N2O2/c1-8-4-10(2-3-11(8)15)14-7-9(6-13)5-12(14)16/h2-4,9,15H,5-7,13H2,1H3. The highest BCUT2D eigenvalue weighted by Gasteiger charge is 2.29. The van der Waals surface area contributed by atoms with Gasteiger partial charge in [0.15, 0.2) is 0 Å². The van der Waals surface area contributed by atoms with Crippen LogP contribution in [0.3, 0.4) is 0 Å². The van der Waals surface area contributed by atoms with Crippen LogP contribution in [0, 0.1) is 12.8 Å². The average Bonchev–Trinajstić information content (AvgIpc) is 2.64. The van der Waals surface area contributed by atoms with Gasteiger partial charge in [-0.2, -0.15) is 0 Å². The number of hydrogen-bond donors (Lipinski definition) is 2. The average molecular weight is 220 g/mol. The molecule has 1 unspecified atom stereocenters. The molecule has 1 aromatic carbocycles. The lowest BCUT2D eigenvalue weighted by molar-refractivity contribution is -0.117. The van der Waals surface area contributed by atoms with Gasteiger partial charge in [0.2, 0.25) is 5.91 Å². The SMILES string of the molecule is Cc1cc(N2CC(CN)CC2=O)ccc1O. The molecular formula is C12H16N2O2. The van der Waals surface area contributed by atoms with E-state index in [0.29, 0.717) is 19.5 Å². The van der Waals surface area contributed by atoms with Gasteiger partial charge in [0.1, 0.15) is 5.75 Å². The van der Waals surface area contributed by atoms with E-state index in [0.717, 1.165) is 11.3 Å². The van der Waals surface area contributed by atoms with Crippen LogP contribution in [0.25, 0.3) is 0 Å². The first-order valence-electron chi connectivity index (χ1n) is 5.42. The van der Waals surface area contributed by atoms with Crippen LogP contribution in [0.5, 0.6) is 5.75 Å². The van der Waals surface area contributed by atoms with Gasteiger partial charge in [-0.1, -0.05) is 0 Å². The Labute approximate surface area is 94.7 Å². The maximum absolute atomic E-state index is 11.7. The van der Waals surface area contributed by atoms with E-state index in [-0.39, 0.29) is 17.6 Å². The van der Waals surface area contributed by atoms with E-state index in [4.69, 9.17) is 5.73 Å². The molecule has 0 saturated carbocycles. The van der Waals surface area contributed by atoms with Gasteiger partial charge in [-0.25, -0.2) is 0 Å². The van der Waals surface area contributed by atoms with Crippen molar-refractivity contribution in [1.29, 1.82) is 0 Å². The summed E-state index contributed by atoms with van der Waals surface area (Å²) in [5.41, 5.74) is 7.19. The summed E-state index contributed by atoms with van der Waals surface area (Å²) in [6.45, 7) is 3.04. The van der Waals surface area contributed by atoms with Crippen LogP contribution < -0.4 is 10.6 Å². The Balaban J connectivity index is 2.24. The highest BCUT2D eigenvalue weighted by Crippen LogP contribution is 2.28. The summed E-state index contributed by atoms with van der Waals surface area (Å²) >= 11 is 0. The molecule has 0 bridgehead atoms. The van der Waals surface area contributed by atoms with Crippen LogP contribution in [-0.2, 0) is 4.79 Å². The Morgan fingerprint density at radius 2 is 2.31 bits per heavy atom. The van der Waals surface area contributed by atoms with Gasteiger partial charge in [0.05, 0.1) is 0 Å². The molecule has 1 atom stereocenters. The van der Waals surface area contributed by atoms with E-state index >= 15 is 0 Å². The van der Waals surface area contributed by atoms with Gasteiger partial charge in [0, 0.05) is 18.7 Å². The van der Waals surface area contributed by atoms with E-state index < -0.39 is 0 Å². The zero-order valence-electron chi connectivity index (χ0n) is 9.31. The van der Waals surface area contributed by atoms with Crippen molar-refractivity contribution in [3.05, 3.63) is 23.8 Å². The lowest BCUT2D eigenvalue weighted by atomic mass is 10.1. The smallest absolute Gasteiger partial charge is 0.227 e. The van der Waals surface area contributed by atoms with Crippen molar-refractivity contribution < 1.29 is 9.90 Å². The fraction of sp³-hybridized carbons (Fsp3) is 0.417. The molecule has 2 rings (SSSR count). The first-order valence-corrected chi connectivity index (χ1v) is 5.42. The van der Waals surface area contributed by atoms with Gasteiger partial charge in [-0.3, -0.25) is 4.79 Å². The van der Waals surface area contributed by atoms with Crippen molar-refractivity contribution in [2.75, 3.05) is 18.0 Å². The Bertz CT molecular complexity index is 417. The molecule has 1 aromatic rings. The third kappa shape index (κ3) is 1.88. The normalized spacial score (nSPS) is 20.5. The van der Waals surface area contributed by atoms with E-state index in [2.05, 4.69) is 0 Å². The second kappa shape index (κ2) is 4.14. The molecule has 1 aliphatic rings. The first-order chi connectivity index (χ1) is 7.61. The second-order valence-electron chi connectivity index (χ2n) is 4.28. The summed E-state index contributed by atoms with van der Waals surface area (Å²) in [5, 5.41) is 9.43. The number of benzene rings is 1. The molecule has 4 heteroatoms. The summed E-state index contributed by atoms with van der Waals surface area (Å²) in [4.78, 5) is 13.5. The third-order valence-corrected chi connectivity index (χ3v) is 3.03. The van der Waals surface area contributed by atoms with E-state index in [1.807, 2.05) is 13.0 Å². The van der Waals surface area contributed by atoms with Gasteiger partial charge in [0.25, 0.3) is 0 Å². The molecule has 4 nitrogen and oxygen atoms in total. The summed E-state index contributed by atoms with van der Waals surface area (Å²) in [5.74, 6) is 0.618.